The Labute approximate surface area is 229 Å². The SMILES string of the molecule is Cc1cc2c(cc1C(=O)C1CCC(CC3=CCC(C)C=C3)CC1)C(C(=O)C(=O)C(C)C)=CC2CC(C)(C)C. The van der Waals surface area contributed by atoms with Gasteiger partial charge in [-0.3, -0.25) is 14.4 Å². The van der Waals surface area contributed by atoms with Gasteiger partial charge in [0, 0.05) is 28.9 Å². The smallest absolute Gasteiger partial charge is 0.229 e. The van der Waals surface area contributed by atoms with Gasteiger partial charge in [-0.1, -0.05) is 77.5 Å². The van der Waals surface area contributed by atoms with Gasteiger partial charge in [0.15, 0.2) is 5.78 Å². The van der Waals surface area contributed by atoms with Crippen LogP contribution in [0.4, 0.5) is 0 Å². The number of fused-ring (bicyclic) bond motifs is 1. The van der Waals surface area contributed by atoms with Crippen molar-refractivity contribution < 1.29 is 14.4 Å². The fourth-order valence-electron chi connectivity index (χ4n) is 6.44. The Morgan fingerprint density at radius 2 is 1.71 bits per heavy atom. The van der Waals surface area contributed by atoms with E-state index in [1.165, 1.54) is 5.57 Å². The molecular weight excluding hydrogens is 468 g/mol. The van der Waals surface area contributed by atoms with Crippen molar-refractivity contribution in [1.82, 2.24) is 0 Å². The Kier molecular flexibility index (Phi) is 8.45. The Bertz CT molecular complexity index is 1190. The number of allylic oxidation sites excluding steroid dienone is 6. The molecule has 1 aromatic rings. The van der Waals surface area contributed by atoms with Crippen LogP contribution in [0, 0.1) is 36.0 Å². The normalized spacial score (nSPS) is 25.2. The summed E-state index contributed by atoms with van der Waals surface area (Å²) in [6.07, 6.45) is 16.1. The van der Waals surface area contributed by atoms with Crippen LogP contribution in [0.3, 0.4) is 0 Å². The summed E-state index contributed by atoms with van der Waals surface area (Å²) in [7, 11) is 0. The lowest BCUT2D eigenvalue weighted by molar-refractivity contribution is -0.135. The molecule has 3 aliphatic carbocycles. The largest absolute Gasteiger partial charge is 0.294 e. The van der Waals surface area contributed by atoms with Crippen LogP contribution in [-0.4, -0.2) is 17.3 Å². The molecule has 3 heteroatoms. The van der Waals surface area contributed by atoms with Crippen LogP contribution in [0.2, 0.25) is 0 Å². The maximum atomic E-state index is 13.8. The van der Waals surface area contributed by atoms with Crippen LogP contribution in [0.15, 0.2) is 42.0 Å². The highest BCUT2D eigenvalue weighted by Crippen LogP contribution is 2.44. The van der Waals surface area contributed by atoms with E-state index in [-0.39, 0.29) is 34.7 Å². The van der Waals surface area contributed by atoms with E-state index in [1.807, 2.05) is 19.1 Å². The van der Waals surface area contributed by atoms with E-state index in [4.69, 9.17) is 0 Å². The topological polar surface area (TPSA) is 51.2 Å². The van der Waals surface area contributed by atoms with E-state index in [1.54, 1.807) is 13.8 Å². The molecule has 0 N–H and O–H groups in total. The van der Waals surface area contributed by atoms with Gasteiger partial charge in [0.25, 0.3) is 0 Å². The molecule has 4 rings (SSSR count). The average Bonchev–Trinajstić information content (AvgIpc) is 3.19. The number of carbonyl (C=O) groups is 3. The highest BCUT2D eigenvalue weighted by Gasteiger charge is 2.35. The molecule has 3 nitrogen and oxygen atoms in total. The number of hydrogen-bond acceptors (Lipinski definition) is 3. The zero-order chi connectivity index (χ0) is 27.8. The zero-order valence-corrected chi connectivity index (χ0v) is 24.5. The highest BCUT2D eigenvalue weighted by atomic mass is 16.2. The number of aryl methyl sites for hydroxylation is 1. The zero-order valence-electron chi connectivity index (χ0n) is 24.5. The maximum Gasteiger partial charge on any atom is 0.229 e. The lowest BCUT2D eigenvalue weighted by atomic mass is 9.75. The summed E-state index contributed by atoms with van der Waals surface area (Å²) in [5, 5.41) is 0. The van der Waals surface area contributed by atoms with Crippen LogP contribution < -0.4 is 0 Å². The Morgan fingerprint density at radius 1 is 1.03 bits per heavy atom. The van der Waals surface area contributed by atoms with Gasteiger partial charge in [-0.25, -0.2) is 0 Å². The minimum absolute atomic E-state index is 0.0334. The molecule has 2 atom stereocenters. The second-order valence-corrected chi connectivity index (χ2v) is 13.7. The predicted molar refractivity (Wildman–Crippen MR) is 156 cm³/mol. The van der Waals surface area contributed by atoms with Crippen molar-refractivity contribution in [3.8, 4) is 0 Å². The van der Waals surface area contributed by atoms with E-state index in [2.05, 4.69) is 52.0 Å². The van der Waals surface area contributed by atoms with Crippen molar-refractivity contribution in [1.29, 1.82) is 0 Å². The van der Waals surface area contributed by atoms with E-state index in [0.29, 0.717) is 17.4 Å². The highest BCUT2D eigenvalue weighted by molar-refractivity contribution is 6.54. The molecule has 1 saturated carbocycles. The number of ketones is 3. The van der Waals surface area contributed by atoms with Crippen LogP contribution in [0.5, 0.6) is 0 Å². The van der Waals surface area contributed by atoms with E-state index >= 15 is 0 Å². The summed E-state index contributed by atoms with van der Waals surface area (Å²) < 4.78 is 0. The van der Waals surface area contributed by atoms with E-state index in [9.17, 15) is 14.4 Å². The lowest BCUT2D eigenvalue weighted by Gasteiger charge is -2.29. The van der Waals surface area contributed by atoms with Crippen molar-refractivity contribution in [2.75, 3.05) is 0 Å². The van der Waals surface area contributed by atoms with Crippen molar-refractivity contribution in [3.05, 3.63) is 64.3 Å². The summed E-state index contributed by atoms with van der Waals surface area (Å²) in [4.78, 5) is 39.7. The molecule has 0 amide bonds. The van der Waals surface area contributed by atoms with Crippen molar-refractivity contribution in [3.63, 3.8) is 0 Å². The summed E-state index contributed by atoms with van der Waals surface area (Å²) in [5.41, 5.74) is 5.62. The Morgan fingerprint density at radius 3 is 2.29 bits per heavy atom. The first kappa shape index (κ1) is 28.5. The fourth-order valence-corrected chi connectivity index (χ4v) is 6.44. The quantitative estimate of drug-likeness (QED) is 0.258. The Hall–Kier alpha value is -2.55. The van der Waals surface area contributed by atoms with Crippen molar-refractivity contribution in [2.45, 2.75) is 99.3 Å². The van der Waals surface area contributed by atoms with Crippen LogP contribution in [0.1, 0.15) is 119 Å². The maximum absolute atomic E-state index is 13.8. The van der Waals surface area contributed by atoms with Gasteiger partial charge in [-0.15, -0.1) is 0 Å². The lowest BCUT2D eigenvalue weighted by Crippen LogP contribution is -2.23. The van der Waals surface area contributed by atoms with Crippen LogP contribution >= 0.6 is 0 Å². The van der Waals surface area contributed by atoms with Gasteiger partial charge in [-0.2, -0.15) is 0 Å². The molecule has 0 aliphatic heterocycles. The third kappa shape index (κ3) is 6.35. The summed E-state index contributed by atoms with van der Waals surface area (Å²) in [6, 6.07) is 4.06. The first-order valence-electron chi connectivity index (χ1n) is 14.7. The first-order chi connectivity index (χ1) is 17.8. The minimum atomic E-state index is -0.416. The molecular formula is C35H46O3. The van der Waals surface area contributed by atoms with Crippen LogP contribution in [-0.2, 0) is 9.59 Å². The second-order valence-electron chi connectivity index (χ2n) is 13.7. The minimum Gasteiger partial charge on any atom is -0.294 e. The molecule has 204 valence electrons. The fraction of sp³-hybridized carbons (Fsp3) is 0.571. The van der Waals surface area contributed by atoms with Gasteiger partial charge < -0.3 is 0 Å². The molecule has 0 spiro atoms. The van der Waals surface area contributed by atoms with Gasteiger partial charge >= 0.3 is 0 Å². The third-order valence-electron chi connectivity index (χ3n) is 8.68. The number of rotatable bonds is 8. The molecule has 1 fully saturated rings. The number of Topliss-reactive ketones (excluding diaryl/α,β-unsaturated/α-hetero) is 3. The summed E-state index contributed by atoms with van der Waals surface area (Å²) in [6.45, 7) is 14.4. The molecule has 2 unspecified atom stereocenters. The third-order valence-corrected chi connectivity index (χ3v) is 8.68. The standard InChI is InChI=1S/C35H46O3/c1-21(2)32(36)34(38)31-18-27(20-35(5,6)7)29-16-23(4)28(19-30(29)31)33(37)26-14-12-25(13-15-26)17-24-10-8-22(3)9-11-24/h8,10-11,16,18-19,21-22,25-27H,9,12-15,17,20H2,1-7H3. The molecule has 0 bridgehead atoms. The number of benzene rings is 1. The van der Waals surface area contributed by atoms with E-state index in [0.717, 1.165) is 67.2 Å². The molecule has 0 radical (unpaired) electrons. The molecule has 0 heterocycles. The van der Waals surface area contributed by atoms with Gasteiger partial charge in [0.05, 0.1) is 0 Å². The van der Waals surface area contributed by atoms with E-state index < -0.39 is 5.78 Å². The molecule has 38 heavy (non-hydrogen) atoms. The van der Waals surface area contributed by atoms with Crippen LogP contribution in [0.25, 0.3) is 5.57 Å². The van der Waals surface area contributed by atoms with Crippen molar-refractivity contribution >= 4 is 22.9 Å². The molecule has 1 aromatic carbocycles. The predicted octanol–water partition coefficient (Wildman–Crippen LogP) is 8.61. The number of carbonyl (C=O) groups excluding carboxylic acids is 3. The van der Waals surface area contributed by atoms with Gasteiger partial charge in [0.2, 0.25) is 11.6 Å². The molecule has 0 aromatic heterocycles. The monoisotopic (exact) mass is 514 g/mol. The first-order valence-corrected chi connectivity index (χ1v) is 14.7. The second kappa shape index (κ2) is 11.3. The average molecular weight is 515 g/mol. The van der Waals surface area contributed by atoms with Crippen molar-refractivity contribution in [2.24, 2.45) is 29.1 Å². The summed E-state index contributed by atoms with van der Waals surface area (Å²) in [5.74, 6) is 0.481. The summed E-state index contributed by atoms with van der Waals surface area (Å²) >= 11 is 0. The number of hydrogen-bond donors (Lipinski definition) is 0. The van der Waals surface area contributed by atoms with Gasteiger partial charge in [-0.05, 0) is 91.9 Å². The molecule has 3 aliphatic rings. The van der Waals surface area contributed by atoms with Gasteiger partial charge in [0.1, 0.15) is 0 Å². The Balaban J connectivity index is 1.54. The molecule has 0 saturated heterocycles.